The highest BCUT2D eigenvalue weighted by Crippen LogP contribution is 2.62. The monoisotopic (exact) mass is 591 g/mol. The maximum Gasteiger partial charge on any atom is 0.195 e. The highest BCUT2D eigenvalue weighted by molar-refractivity contribution is 6.88. The highest BCUT2D eigenvalue weighted by Gasteiger charge is 2.51. The maximum atomic E-state index is 13.3. The molecule has 1 aromatic heterocycles. The molecule has 4 nitrogen and oxygen atoms in total. The predicted octanol–water partition coefficient (Wildman–Crippen LogP) is 9.23. The Morgan fingerprint density at radius 2 is 1.32 bits per heavy atom. The molecule has 0 saturated heterocycles. The number of aryl methyl sites for hydroxylation is 2. The molecule has 2 aliphatic heterocycles. The Labute approximate surface area is 258 Å². The second kappa shape index (κ2) is 9.31. The summed E-state index contributed by atoms with van der Waals surface area (Å²) in [5, 5.41) is 1.97. The fraction of sp³-hybridized carbons (Fsp3) is 0.154. The third kappa shape index (κ3) is 3.66. The van der Waals surface area contributed by atoms with Gasteiger partial charge < -0.3 is 14.1 Å². The molecule has 3 heterocycles. The number of nitrogens with zero attached hydrogens (tertiary/aromatic N) is 1. The van der Waals surface area contributed by atoms with Gasteiger partial charge in [0.25, 0.3) is 0 Å². The van der Waals surface area contributed by atoms with E-state index in [0.717, 1.165) is 39.7 Å². The summed E-state index contributed by atoms with van der Waals surface area (Å²) in [5.41, 5.74) is 9.51. The smallest absolute Gasteiger partial charge is 0.195 e. The first kappa shape index (κ1) is 26.7. The standard InChI is InChI=1S/C39H33NO3Si/c1-24-14-17-33-31(20-24)39(29-10-6-8-12-36(29)43-37-13-9-7-11-30(37)39)32-22-27(44(3,4)5)16-18-34(32)40(33)26-15-19-35-28(21-26)38(41)25(2)23-42-35/h6-23H,1-5H3. The molecule has 0 radical (unpaired) electrons. The number of para-hydroxylation sites is 2. The van der Waals surface area contributed by atoms with Gasteiger partial charge >= 0.3 is 0 Å². The van der Waals surface area contributed by atoms with Crippen LogP contribution in [0.5, 0.6) is 11.5 Å². The van der Waals surface area contributed by atoms with Gasteiger partial charge in [-0.1, -0.05) is 91.1 Å². The summed E-state index contributed by atoms with van der Waals surface area (Å²) in [5.74, 6) is 1.74. The Morgan fingerprint density at radius 3 is 2.00 bits per heavy atom. The fourth-order valence-electron chi connectivity index (χ4n) is 7.13. The summed E-state index contributed by atoms with van der Waals surface area (Å²) < 4.78 is 12.4. The Bertz CT molecular complexity index is 2160. The molecule has 1 spiro atoms. The fourth-order valence-corrected chi connectivity index (χ4v) is 8.29. The SMILES string of the molecule is Cc1ccc2c(c1)C1(c3ccccc3Oc3ccccc31)c1cc([Si](C)(C)C)ccc1N2c1ccc2occ(C)c(=O)c2c1. The van der Waals surface area contributed by atoms with Crippen molar-refractivity contribution in [2.24, 2.45) is 0 Å². The van der Waals surface area contributed by atoms with Gasteiger partial charge in [-0.25, -0.2) is 0 Å². The van der Waals surface area contributed by atoms with Gasteiger partial charge in [-0.3, -0.25) is 4.79 Å². The van der Waals surface area contributed by atoms with E-state index in [2.05, 4.69) is 122 Å². The molecule has 44 heavy (non-hydrogen) atoms. The topological polar surface area (TPSA) is 42.7 Å². The van der Waals surface area contributed by atoms with Crippen molar-refractivity contribution in [3.05, 3.63) is 153 Å². The first-order chi connectivity index (χ1) is 21.2. The molecule has 0 unspecified atom stereocenters. The average molecular weight is 592 g/mol. The van der Waals surface area contributed by atoms with Gasteiger partial charge in [-0.2, -0.15) is 0 Å². The van der Waals surface area contributed by atoms with E-state index in [1.165, 1.54) is 21.9 Å². The molecule has 0 fully saturated rings. The largest absolute Gasteiger partial charge is 0.464 e. The first-order valence-electron chi connectivity index (χ1n) is 15.1. The molecule has 216 valence electrons. The number of ether oxygens (including phenoxy) is 1. The lowest BCUT2D eigenvalue weighted by atomic mass is 9.61. The lowest BCUT2D eigenvalue weighted by Crippen LogP contribution is -2.43. The van der Waals surface area contributed by atoms with Crippen LogP contribution in [-0.4, -0.2) is 8.07 Å². The van der Waals surface area contributed by atoms with Gasteiger partial charge in [0.2, 0.25) is 0 Å². The van der Waals surface area contributed by atoms with E-state index < -0.39 is 13.5 Å². The van der Waals surface area contributed by atoms with Gasteiger partial charge in [-0.05, 0) is 67.4 Å². The first-order valence-corrected chi connectivity index (χ1v) is 18.6. The Kier molecular flexibility index (Phi) is 5.66. The Hall–Kier alpha value is -4.87. The molecule has 5 heteroatoms. The van der Waals surface area contributed by atoms with E-state index in [1.54, 1.807) is 13.2 Å². The molecule has 8 rings (SSSR count). The van der Waals surface area contributed by atoms with Crippen molar-refractivity contribution in [2.45, 2.75) is 38.9 Å². The van der Waals surface area contributed by atoms with E-state index in [9.17, 15) is 4.79 Å². The normalized spacial score (nSPS) is 14.4. The van der Waals surface area contributed by atoms with Crippen LogP contribution in [0.1, 0.15) is 33.4 Å². The highest BCUT2D eigenvalue weighted by atomic mass is 28.3. The van der Waals surface area contributed by atoms with Gasteiger partial charge in [0.15, 0.2) is 5.43 Å². The van der Waals surface area contributed by atoms with E-state index in [4.69, 9.17) is 9.15 Å². The van der Waals surface area contributed by atoms with E-state index >= 15 is 0 Å². The lowest BCUT2D eigenvalue weighted by molar-refractivity contribution is 0.434. The summed E-state index contributed by atoms with van der Waals surface area (Å²) >= 11 is 0. The summed E-state index contributed by atoms with van der Waals surface area (Å²) in [6.07, 6.45) is 1.54. The number of rotatable bonds is 2. The molecular formula is C39H33NO3Si. The zero-order valence-electron chi connectivity index (χ0n) is 25.6. The minimum atomic E-state index is -1.71. The van der Waals surface area contributed by atoms with Gasteiger partial charge in [0, 0.05) is 22.4 Å². The minimum Gasteiger partial charge on any atom is -0.464 e. The second-order valence-electron chi connectivity index (χ2n) is 13.1. The van der Waals surface area contributed by atoms with Crippen molar-refractivity contribution in [3.63, 3.8) is 0 Å². The van der Waals surface area contributed by atoms with Crippen molar-refractivity contribution in [2.75, 3.05) is 4.90 Å². The van der Waals surface area contributed by atoms with Gasteiger partial charge in [0.05, 0.1) is 36.5 Å². The predicted molar refractivity (Wildman–Crippen MR) is 182 cm³/mol. The van der Waals surface area contributed by atoms with Crippen LogP contribution >= 0.6 is 0 Å². The summed E-state index contributed by atoms with van der Waals surface area (Å²) in [4.78, 5) is 15.6. The van der Waals surface area contributed by atoms with Crippen molar-refractivity contribution in [3.8, 4) is 11.5 Å². The van der Waals surface area contributed by atoms with Crippen LogP contribution in [0.15, 0.2) is 119 Å². The third-order valence-electron chi connectivity index (χ3n) is 9.29. The molecule has 0 aliphatic carbocycles. The molecule has 5 aromatic carbocycles. The maximum absolute atomic E-state index is 13.3. The number of hydrogen-bond donors (Lipinski definition) is 0. The van der Waals surface area contributed by atoms with Crippen LogP contribution < -0.4 is 20.3 Å². The summed E-state index contributed by atoms with van der Waals surface area (Å²) in [6.45, 7) is 11.2. The van der Waals surface area contributed by atoms with Crippen molar-refractivity contribution >= 4 is 41.3 Å². The molecule has 0 N–H and O–H groups in total. The molecule has 0 saturated carbocycles. The quantitative estimate of drug-likeness (QED) is 0.188. The van der Waals surface area contributed by atoms with Crippen molar-refractivity contribution in [1.82, 2.24) is 0 Å². The number of hydrogen-bond acceptors (Lipinski definition) is 4. The zero-order chi connectivity index (χ0) is 30.4. The van der Waals surface area contributed by atoms with Crippen molar-refractivity contribution < 1.29 is 9.15 Å². The van der Waals surface area contributed by atoms with Crippen LogP contribution in [0.25, 0.3) is 11.0 Å². The van der Waals surface area contributed by atoms with Crippen molar-refractivity contribution in [1.29, 1.82) is 0 Å². The van der Waals surface area contributed by atoms with E-state index in [-0.39, 0.29) is 5.43 Å². The van der Waals surface area contributed by atoms with Gasteiger partial charge in [0.1, 0.15) is 17.1 Å². The molecule has 0 atom stereocenters. The van der Waals surface area contributed by atoms with E-state index in [0.29, 0.717) is 16.5 Å². The average Bonchev–Trinajstić information content (AvgIpc) is 3.02. The van der Waals surface area contributed by atoms with Crippen LogP contribution in [0.2, 0.25) is 19.6 Å². The number of anilines is 3. The molecule has 2 aliphatic rings. The minimum absolute atomic E-state index is 0.00713. The van der Waals surface area contributed by atoms with Crippen LogP contribution in [0.4, 0.5) is 17.1 Å². The van der Waals surface area contributed by atoms with Crippen LogP contribution in [0.3, 0.4) is 0 Å². The molecule has 6 aromatic rings. The zero-order valence-corrected chi connectivity index (χ0v) is 26.6. The van der Waals surface area contributed by atoms with Crippen LogP contribution in [0, 0.1) is 13.8 Å². The Balaban J connectivity index is 1.55. The molecular weight excluding hydrogens is 559 g/mol. The molecule has 0 amide bonds. The second-order valence-corrected chi connectivity index (χ2v) is 18.2. The van der Waals surface area contributed by atoms with Crippen LogP contribution in [-0.2, 0) is 5.41 Å². The lowest BCUT2D eigenvalue weighted by Gasteiger charge is -2.49. The number of fused-ring (bicyclic) bond motifs is 9. The third-order valence-corrected chi connectivity index (χ3v) is 11.3. The molecule has 0 bridgehead atoms. The van der Waals surface area contributed by atoms with Gasteiger partial charge in [-0.15, -0.1) is 0 Å². The summed E-state index contributed by atoms with van der Waals surface area (Å²) in [6, 6.07) is 36.7. The number of benzene rings is 5. The van der Waals surface area contributed by atoms with E-state index in [1.807, 2.05) is 12.1 Å². The Morgan fingerprint density at radius 1 is 0.682 bits per heavy atom. The summed E-state index contributed by atoms with van der Waals surface area (Å²) in [7, 11) is -1.71.